The van der Waals surface area contributed by atoms with Gasteiger partial charge >= 0.3 is 9.28 Å². The first-order valence-electron chi connectivity index (χ1n) is 5.96. The standard InChI is InChI=1S/C13H18O4Si/c1-11(14)16-18(17-12(2)15)10-6-9-13-7-4-3-5-8-13/h3-5,7-8,18H,6,9-10H2,1-2H3. The maximum absolute atomic E-state index is 10.9. The lowest BCUT2D eigenvalue weighted by Gasteiger charge is -2.14. The Morgan fingerprint density at radius 2 is 1.61 bits per heavy atom. The Kier molecular flexibility index (Phi) is 6.14. The van der Waals surface area contributed by atoms with Crippen LogP contribution in [0.25, 0.3) is 0 Å². The van der Waals surface area contributed by atoms with E-state index in [1.54, 1.807) is 0 Å². The molecule has 4 nitrogen and oxygen atoms in total. The van der Waals surface area contributed by atoms with Gasteiger partial charge in [-0.1, -0.05) is 30.3 Å². The molecular weight excluding hydrogens is 248 g/mol. The molecule has 0 aliphatic carbocycles. The van der Waals surface area contributed by atoms with Crippen LogP contribution in [-0.4, -0.2) is 21.2 Å². The number of carbonyl (C=O) groups is 2. The second-order valence-corrected chi connectivity index (χ2v) is 5.93. The number of hydrogen-bond donors (Lipinski definition) is 0. The monoisotopic (exact) mass is 266 g/mol. The van der Waals surface area contributed by atoms with E-state index in [0.717, 1.165) is 12.8 Å². The van der Waals surface area contributed by atoms with Crippen LogP contribution in [0, 0.1) is 0 Å². The molecule has 0 atom stereocenters. The summed E-state index contributed by atoms with van der Waals surface area (Å²) in [7, 11) is -2.19. The molecule has 98 valence electrons. The molecule has 1 aromatic carbocycles. The molecule has 0 fully saturated rings. The van der Waals surface area contributed by atoms with E-state index in [9.17, 15) is 9.59 Å². The van der Waals surface area contributed by atoms with Crippen molar-refractivity contribution in [2.75, 3.05) is 0 Å². The zero-order chi connectivity index (χ0) is 13.4. The van der Waals surface area contributed by atoms with Gasteiger partial charge in [-0.3, -0.25) is 9.59 Å². The molecular formula is C13H18O4Si. The third kappa shape index (κ3) is 6.20. The van der Waals surface area contributed by atoms with Gasteiger partial charge in [0.05, 0.1) is 0 Å². The second kappa shape index (κ2) is 7.65. The Balaban J connectivity index is 2.37. The summed E-state index contributed by atoms with van der Waals surface area (Å²) in [5.41, 5.74) is 1.23. The number of rotatable bonds is 6. The topological polar surface area (TPSA) is 52.6 Å². The average Bonchev–Trinajstić information content (AvgIpc) is 2.28. The Morgan fingerprint density at radius 1 is 1.06 bits per heavy atom. The van der Waals surface area contributed by atoms with Crippen molar-refractivity contribution in [2.24, 2.45) is 0 Å². The van der Waals surface area contributed by atoms with E-state index in [1.807, 2.05) is 30.3 Å². The fraction of sp³-hybridized carbons (Fsp3) is 0.385. The number of benzene rings is 1. The predicted molar refractivity (Wildman–Crippen MR) is 70.3 cm³/mol. The van der Waals surface area contributed by atoms with Gasteiger partial charge in [-0.2, -0.15) is 0 Å². The Bertz CT molecular complexity index is 375. The van der Waals surface area contributed by atoms with Crippen LogP contribution in [0.1, 0.15) is 25.8 Å². The van der Waals surface area contributed by atoms with E-state index >= 15 is 0 Å². The van der Waals surface area contributed by atoms with Gasteiger partial charge in [0.25, 0.3) is 11.9 Å². The first-order chi connectivity index (χ1) is 8.58. The summed E-state index contributed by atoms with van der Waals surface area (Å²) in [6, 6.07) is 10.7. The minimum Gasteiger partial charge on any atom is -0.487 e. The van der Waals surface area contributed by atoms with Crippen LogP contribution >= 0.6 is 0 Å². The highest BCUT2D eigenvalue weighted by atomic mass is 28.3. The molecule has 0 bridgehead atoms. The highest BCUT2D eigenvalue weighted by Crippen LogP contribution is 2.09. The van der Waals surface area contributed by atoms with E-state index in [4.69, 9.17) is 8.85 Å². The Labute approximate surface area is 109 Å². The Morgan fingerprint density at radius 3 is 2.11 bits per heavy atom. The van der Waals surface area contributed by atoms with Crippen LogP contribution in [0.15, 0.2) is 30.3 Å². The van der Waals surface area contributed by atoms with Gasteiger partial charge in [-0.25, -0.2) is 0 Å². The van der Waals surface area contributed by atoms with Crippen molar-refractivity contribution in [3.63, 3.8) is 0 Å². The van der Waals surface area contributed by atoms with Gasteiger partial charge in [-0.15, -0.1) is 0 Å². The maximum Gasteiger partial charge on any atom is 0.448 e. The lowest BCUT2D eigenvalue weighted by molar-refractivity contribution is -0.137. The summed E-state index contributed by atoms with van der Waals surface area (Å²) in [6.07, 6.45) is 1.74. The quantitative estimate of drug-likeness (QED) is 0.739. The number of carbonyl (C=O) groups excluding carboxylic acids is 2. The fourth-order valence-electron chi connectivity index (χ4n) is 1.63. The minimum atomic E-state index is -2.19. The molecule has 0 amide bonds. The van der Waals surface area contributed by atoms with E-state index in [1.165, 1.54) is 19.4 Å². The number of hydrogen-bond acceptors (Lipinski definition) is 4. The van der Waals surface area contributed by atoms with Gasteiger partial charge in [0, 0.05) is 19.9 Å². The largest absolute Gasteiger partial charge is 0.487 e. The summed E-state index contributed by atoms with van der Waals surface area (Å²) in [5, 5.41) is 0. The summed E-state index contributed by atoms with van der Waals surface area (Å²) in [4.78, 5) is 21.8. The Hall–Kier alpha value is -1.62. The molecule has 0 aromatic heterocycles. The molecule has 0 aliphatic rings. The van der Waals surface area contributed by atoms with Crippen LogP contribution in [0.3, 0.4) is 0 Å². The summed E-state index contributed by atoms with van der Waals surface area (Å²) in [5.74, 6) is -0.764. The lowest BCUT2D eigenvalue weighted by Crippen LogP contribution is -2.27. The predicted octanol–water partition coefficient (Wildman–Crippen LogP) is 1.97. The summed E-state index contributed by atoms with van der Waals surface area (Å²) >= 11 is 0. The van der Waals surface area contributed by atoms with Gasteiger partial charge in [0.2, 0.25) is 0 Å². The highest BCUT2D eigenvalue weighted by Gasteiger charge is 2.19. The fourth-order valence-corrected chi connectivity index (χ4v) is 3.19. The van der Waals surface area contributed by atoms with Crippen molar-refractivity contribution in [1.29, 1.82) is 0 Å². The molecule has 0 spiro atoms. The molecule has 0 radical (unpaired) electrons. The van der Waals surface area contributed by atoms with Gasteiger partial charge in [-0.05, 0) is 18.4 Å². The van der Waals surface area contributed by atoms with Gasteiger partial charge in [0.15, 0.2) is 0 Å². The SMILES string of the molecule is CC(=O)O[SiH](CCCc1ccccc1)OC(C)=O. The molecule has 0 N–H and O–H groups in total. The van der Waals surface area contributed by atoms with Crippen LogP contribution < -0.4 is 0 Å². The maximum atomic E-state index is 10.9. The molecule has 5 heteroatoms. The zero-order valence-electron chi connectivity index (χ0n) is 10.7. The third-order valence-electron chi connectivity index (χ3n) is 2.34. The van der Waals surface area contributed by atoms with Crippen LogP contribution in [-0.2, 0) is 24.9 Å². The lowest BCUT2D eigenvalue weighted by atomic mass is 10.1. The smallest absolute Gasteiger partial charge is 0.448 e. The highest BCUT2D eigenvalue weighted by molar-refractivity contribution is 6.48. The van der Waals surface area contributed by atoms with Gasteiger partial charge in [0.1, 0.15) is 0 Å². The first kappa shape index (κ1) is 14.4. The van der Waals surface area contributed by atoms with Crippen LogP contribution in [0.5, 0.6) is 0 Å². The van der Waals surface area contributed by atoms with Crippen molar-refractivity contribution < 1.29 is 18.4 Å². The molecule has 0 saturated heterocycles. The van der Waals surface area contributed by atoms with Crippen molar-refractivity contribution in [3.8, 4) is 0 Å². The molecule has 18 heavy (non-hydrogen) atoms. The summed E-state index contributed by atoms with van der Waals surface area (Å²) < 4.78 is 10.1. The normalized spacial score (nSPS) is 10.2. The van der Waals surface area contributed by atoms with Crippen molar-refractivity contribution in [2.45, 2.75) is 32.7 Å². The molecule has 1 aromatic rings. The van der Waals surface area contributed by atoms with Crippen molar-refractivity contribution in [3.05, 3.63) is 35.9 Å². The third-order valence-corrected chi connectivity index (χ3v) is 4.41. The minimum absolute atomic E-state index is 0.382. The van der Waals surface area contributed by atoms with Crippen LogP contribution in [0.2, 0.25) is 6.04 Å². The van der Waals surface area contributed by atoms with Gasteiger partial charge < -0.3 is 8.85 Å². The second-order valence-electron chi connectivity index (χ2n) is 4.03. The zero-order valence-corrected chi connectivity index (χ0v) is 11.9. The van der Waals surface area contributed by atoms with E-state index in [0.29, 0.717) is 6.04 Å². The molecule has 0 heterocycles. The molecule has 0 aliphatic heterocycles. The first-order valence-corrected chi connectivity index (χ1v) is 7.72. The van der Waals surface area contributed by atoms with Crippen molar-refractivity contribution >= 4 is 21.2 Å². The molecule has 0 saturated carbocycles. The average molecular weight is 266 g/mol. The van der Waals surface area contributed by atoms with E-state index in [2.05, 4.69) is 0 Å². The van der Waals surface area contributed by atoms with Crippen molar-refractivity contribution in [1.82, 2.24) is 0 Å². The molecule has 1 rings (SSSR count). The van der Waals surface area contributed by atoms with E-state index in [-0.39, 0.29) is 11.9 Å². The summed E-state index contributed by atoms with van der Waals surface area (Å²) in [6.45, 7) is 2.67. The number of aryl methyl sites for hydroxylation is 1. The molecule has 0 unspecified atom stereocenters. The van der Waals surface area contributed by atoms with Crippen LogP contribution in [0.4, 0.5) is 0 Å². The van der Waals surface area contributed by atoms with E-state index < -0.39 is 9.28 Å².